The molecule has 2 atom stereocenters. The molecule has 1 aliphatic heterocycles. The van der Waals surface area contributed by atoms with Crippen molar-refractivity contribution in [2.45, 2.75) is 5.92 Å². The van der Waals surface area contributed by atoms with Gasteiger partial charge in [-0.2, -0.15) is 0 Å². The van der Waals surface area contributed by atoms with Gasteiger partial charge in [0.1, 0.15) is 0 Å². The smallest absolute Gasteiger partial charge is 0.308 e. The fourth-order valence-corrected chi connectivity index (χ4v) is 2.96. The summed E-state index contributed by atoms with van der Waals surface area (Å²) in [6.07, 6.45) is 0. The second kappa shape index (κ2) is 6.66. The van der Waals surface area contributed by atoms with Gasteiger partial charge in [-0.05, 0) is 11.6 Å². The molecule has 1 amide bonds. The van der Waals surface area contributed by atoms with Gasteiger partial charge < -0.3 is 14.7 Å². The number of aromatic nitrogens is 2. The lowest BCUT2D eigenvalue weighted by Gasteiger charge is -2.16. The highest BCUT2D eigenvalue weighted by Crippen LogP contribution is 2.33. The fraction of sp³-hybridized carbons (Fsp3) is 0.294. The van der Waals surface area contributed by atoms with E-state index in [-0.39, 0.29) is 24.1 Å². The lowest BCUT2D eigenvalue weighted by Crippen LogP contribution is -2.30. The standard InChI is InChI=1S/C17H17N3O4/c1-24-15-8-7-14(18-19-15)16(21)20-9-12(13(10-20)17(22)23)11-5-3-2-4-6-11/h2-8,12-13H,9-10H2,1H3,(H,22,23)/t12-,13-/m0/s1. The maximum atomic E-state index is 12.6. The Morgan fingerprint density at radius 3 is 2.46 bits per heavy atom. The first-order chi connectivity index (χ1) is 11.6. The molecule has 0 spiro atoms. The predicted molar refractivity (Wildman–Crippen MR) is 84.8 cm³/mol. The Morgan fingerprint density at radius 1 is 1.12 bits per heavy atom. The number of carboxylic acids is 1. The van der Waals surface area contributed by atoms with Gasteiger partial charge in [-0.25, -0.2) is 0 Å². The van der Waals surface area contributed by atoms with E-state index in [0.29, 0.717) is 12.4 Å². The number of carbonyl (C=O) groups is 2. The van der Waals surface area contributed by atoms with Crippen LogP contribution in [-0.4, -0.2) is 52.3 Å². The van der Waals surface area contributed by atoms with E-state index in [2.05, 4.69) is 10.2 Å². The van der Waals surface area contributed by atoms with Gasteiger partial charge in [0.15, 0.2) is 5.69 Å². The number of nitrogens with zero attached hydrogens (tertiary/aromatic N) is 3. The number of hydrogen-bond acceptors (Lipinski definition) is 5. The number of hydrogen-bond donors (Lipinski definition) is 1. The Kier molecular flexibility index (Phi) is 4.41. The molecule has 1 aromatic carbocycles. The third kappa shape index (κ3) is 3.05. The summed E-state index contributed by atoms with van der Waals surface area (Å²) in [5.41, 5.74) is 1.09. The number of carboxylic acid groups (broad SMARTS) is 1. The summed E-state index contributed by atoms with van der Waals surface area (Å²) in [7, 11) is 1.47. The van der Waals surface area contributed by atoms with E-state index >= 15 is 0 Å². The van der Waals surface area contributed by atoms with Gasteiger partial charge in [0.05, 0.1) is 13.0 Å². The van der Waals surface area contributed by atoms with Crippen LogP contribution in [0.25, 0.3) is 0 Å². The summed E-state index contributed by atoms with van der Waals surface area (Å²) >= 11 is 0. The Morgan fingerprint density at radius 2 is 1.88 bits per heavy atom. The third-order valence-electron chi connectivity index (χ3n) is 4.22. The van der Waals surface area contributed by atoms with Crippen LogP contribution < -0.4 is 4.74 Å². The van der Waals surface area contributed by atoms with Crippen molar-refractivity contribution in [2.24, 2.45) is 5.92 Å². The first kappa shape index (κ1) is 15.9. The first-order valence-electron chi connectivity index (χ1n) is 7.55. The Bertz CT molecular complexity index is 733. The summed E-state index contributed by atoms with van der Waals surface area (Å²) in [5.74, 6) is -1.78. The average Bonchev–Trinajstić information content (AvgIpc) is 3.07. The molecule has 0 bridgehead atoms. The normalized spacial score (nSPS) is 20.0. The van der Waals surface area contributed by atoms with Crippen molar-refractivity contribution in [1.29, 1.82) is 0 Å². The van der Waals surface area contributed by atoms with Gasteiger partial charge in [-0.3, -0.25) is 9.59 Å². The monoisotopic (exact) mass is 327 g/mol. The van der Waals surface area contributed by atoms with Crippen LogP contribution >= 0.6 is 0 Å². The van der Waals surface area contributed by atoms with E-state index in [1.165, 1.54) is 18.1 Å². The minimum atomic E-state index is -0.903. The average molecular weight is 327 g/mol. The molecule has 7 nitrogen and oxygen atoms in total. The molecular weight excluding hydrogens is 310 g/mol. The number of rotatable bonds is 4. The van der Waals surface area contributed by atoms with Crippen LogP contribution in [0.3, 0.4) is 0 Å². The molecule has 7 heteroatoms. The molecule has 124 valence electrons. The Labute approximate surface area is 138 Å². The molecule has 0 saturated carbocycles. The quantitative estimate of drug-likeness (QED) is 0.913. The molecule has 0 aliphatic carbocycles. The Balaban J connectivity index is 1.82. The first-order valence-corrected chi connectivity index (χ1v) is 7.55. The number of likely N-dealkylation sites (tertiary alicyclic amines) is 1. The zero-order valence-electron chi connectivity index (χ0n) is 13.1. The van der Waals surface area contributed by atoms with Gasteiger partial charge in [0.2, 0.25) is 5.88 Å². The second-order valence-corrected chi connectivity index (χ2v) is 5.63. The van der Waals surface area contributed by atoms with E-state index < -0.39 is 11.9 Å². The van der Waals surface area contributed by atoms with Crippen LogP contribution in [0.5, 0.6) is 5.88 Å². The van der Waals surface area contributed by atoms with Crippen molar-refractivity contribution in [1.82, 2.24) is 15.1 Å². The number of aliphatic carboxylic acids is 1. The summed E-state index contributed by atoms with van der Waals surface area (Å²) in [6.45, 7) is 0.495. The van der Waals surface area contributed by atoms with Crippen LogP contribution in [0, 0.1) is 5.92 Å². The summed E-state index contributed by atoms with van der Waals surface area (Å²) in [5, 5.41) is 17.1. The van der Waals surface area contributed by atoms with E-state index in [1.807, 2.05) is 30.3 Å². The maximum Gasteiger partial charge on any atom is 0.308 e. The minimum absolute atomic E-state index is 0.154. The highest BCUT2D eigenvalue weighted by molar-refractivity contribution is 5.93. The molecule has 0 radical (unpaired) electrons. The van der Waals surface area contributed by atoms with Crippen LogP contribution in [-0.2, 0) is 4.79 Å². The molecule has 1 aromatic heterocycles. The molecule has 1 N–H and O–H groups in total. The SMILES string of the molecule is COc1ccc(C(=O)N2C[C@H](C(=O)O)[C@H](c3ccccc3)C2)nn1. The molecule has 2 aromatic rings. The summed E-state index contributed by atoms with van der Waals surface area (Å²) in [4.78, 5) is 25.7. The van der Waals surface area contributed by atoms with Crippen LogP contribution in [0.15, 0.2) is 42.5 Å². The van der Waals surface area contributed by atoms with Crippen molar-refractivity contribution in [3.05, 3.63) is 53.7 Å². The molecule has 2 heterocycles. The minimum Gasteiger partial charge on any atom is -0.481 e. The third-order valence-corrected chi connectivity index (χ3v) is 4.22. The van der Waals surface area contributed by atoms with Gasteiger partial charge >= 0.3 is 5.97 Å². The number of carbonyl (C=O) groups excluding carboxylic acids is 1. The fourth-order valence-electron chi connectivity index (χ4n) is 2.96. The molecular formula is C17H17N3O4. The van der Waals surface area contributed by atoms with Crippen LogP contribution in [0.2, 0.25) is 0 Å². The van der Waals surface area contributed by atoms with Crippen molar-refractivity contribution >= 4 is 11.9 Å². The number of ether oxygens (including phenoxy) is 1. The van der Waals surface area contributed by atoms with Crippen LogP contribution in [0.4, 0.5) is 0 Å². The molecule has 3 rings (SSSR count). The largest absolute Gasteiger partial charge is 0.481 e. The molecule has 0 unspecified atom stereocenters. The Hall–Kier alpha value is -2.96. The zero-order valence-corrected chi connectivity index (χ0v) is 13.1. The van der Waals surface area contributed by atoms with E-state index in [9.17, 15) is 14.7 Å². The second-order valence-electron chi connectivity index (χ2n) is 5.63. The topological polar surface area (TPSA) is 92.6 Å². The lowest BCUT2D eigenvalue weighted by molar-refractivity contribution is -0.141. The molecule has 1 saturated heterocycles. The molecule has 1 aliphatic rings. The number of methoxy groups -OCH3 is 1. The predicted octanol–water partition coefficient (Wildman–Crippen LogP) is 1.43. The zero-order chi connectivity index (χ0) is 17.1. The maximum absolute atomic E-state index is 12.6. The molecule has 1 fully saturated rings. The van der Waals surface area contributed by atoms with E-state index in [1.54, 1.807) is 6.07 Å². The highest BCUT2D eigenvalue weighted by atomic mass is 16.5. The van der Waals surface area contributed by atoms with E-state index in [4.69, 9.17) is 4.74 Å². The summed E-state index contributed by atoms with van der Waals surface area (Å²) < 4.78 is 4.92. The van der Waals surface area contributed by atoms with Gasteiger partial charge in [0.25, 0.3) is 5.91 Å². The molecule has 24 heavy (non-hydrogen) atoms. The van der Waals surface area contributed by atoms with Crippen molar-refractivity contribution < 1.29 is 19.4 Å². The van der Waals surface area contributed by atoms with E-state index in [0.717, 1.165) is 5.56 Å². The van der Waals surface area contributed by atoms with Crippen molar-refractivity contribution in [3.8, 4) is 5.88 Å². The van der Waals surface area contributed by atoms with Crippen LogP contribution in [0.1, 0.15) is 22.0 Å². The van der Waals surface area contributed by atoms with Gasteiger partial charge in [0, 0.05) is 25.1 Å². The number of benzene rings is 1. The lowest BCUT2D eigenvalue weighted by atomic mass is 9.89. The van der Waals surface area contributed by atoms with Crippen molar-refractivity contribution in [3.63, 3.8) is 0 Å². The summed E-state index contributed by atoms with van der Waals surface area (Å²) in [6, 6.07) is 12.5. The highest BCUT2D eigenvalue weighted by Gasteiger charge is 2.40. The van der Waals surface area contributed by atoms with Crippen molar-refractivity contribution in [2.75, 3.05) is 20.2 Å². The van der Waals surface area contributed by atoms with Gasteiger partial charge in [-0.15, -0.1) is 10.2 Å². The van der Waals surface area contributed by atoms with Gasteiger partial charge in [-0.1, -0.05) is 30.3 Å². The number of amides is 1.